The summed E-state index contributed by atoms with van der Waals surface area (Å²) in [5.74, 6) is 1.05. The van der Waals surface area contributed by atoms with Gasteiger partial charge in [-0.05, 0) is 36.3 Å². The largest absolute Gasteiger partial charge is 0.309 e. The number of nitrogens with one attached hydrogen (secondary N) is 1. The average Bonchev–Trinajstić information content (AvgIpc) is 3.31. The number of H-pyrrole nitrogens is 1. The van der Waals surface area contributed by atoms with E-state index >= 15 is 0 Å². The quantitative estimate of drug-likeness (QED) is 0.421. The zero-order valence-electron chi connectivity index (χ0n) is 13.9. The van der Waals surface area contributed by atoms with Crippen molar-refractivity contribution in [3.63, 3.8) is 0 Å². The minimum absolute atomic E-state index is 0.0200. The molecule has 0 amide bonds. The van der Waals surface area contributed by atoms with Gasteiger partial charge < -0.3 is 4.98 Å². The zero-order chi connectivity index (χ0) is 17.8. The molecule has 1 aliphatic carbocycles. The van der Waals surface area contributed by atoms with Crippen LogP contribution in [0.5, 0.6) is 0 Å². The van der Waals surface area contributed by atoms with Crippen molar-refractivity contribution in [3.8, 4) is 0 Å². The Bertz CT molecular complexity index is 1280. The Morgan fingerprint density at radius 3 is 3.08 bits per heavy atom. The highest BCUT2D eigenvalue weighted by Crippen LogP contribution is 2.35. The lowest BCUT2D eigenvalue weighted by Crippen LogP contribution is -2.20. The van der Waals surface area contributed by atoms with Crippen molar-refractivity contribution in [2.45, 2.75) is 30.2 Å². The molecule has 4 aromatic rings. The highest BCUT2D eigenvalue weighted by atomic mass is 32.2. The number of aryl methyl sites for hydroxylation is 2. The number of nitrogens with zero attached hydrogens (tertiary/aromatic N) is 3. The molecule has 0 atom stereocenters. The van der Waals surface area contributed by atoms with E-state index in [2.05, 4.69) is 9.97 Å². The summed E-state index contributed by atoms with van der Waals surface area (Å²) in [5.41, 5.74) is 1.81. The van der Waals surface area contributed by atoms with Crippen molar-refractivity contribution in [3.05, 3.63) is 48.4 Å². The number of fused-ring (bicyclic) bond motifs is 4. The molecule has 4 aromatic heterocycles. The third-order valence-electron chi connectivity index (χ3n) is 4.61. The molecule has 5 rings (SSSR count). The third-order valence-corrected chi connectivity index (χ3v) is 7.74. The maximum absolute atomic E-state index is 12.8. The highest BCUT2D eigenvalue weighted by molar-refractivity contribution is 7.98. The first-order chi connectivity index (χ1) is 12.6. The summed E-state index contributed by atoms with van der Waals surface area (Å²) in [4.78, 5) is 39.1. The Kier molecular flexibility index (Phi) is 3.77. The molecule has 4 heterocycles. The van der Waals surface area contributed by atoms with Gasteiger partial charge in [-0.2, -0.15) is 0 Å². The van der Waals surface area contributed by atoms with Gasteiger partial charge in [0.2, 0.25) is 0 Å². The lowest BCUT2D eigenvalue weighted by molar-refractivity contribution is 0.726. The summed E-state index contributed by atoms with van der Waals surface area (Å²) >= 11 is 4.44. The molecule has 1 N–H and O–H groups in total. The molecule has 132 valence electrons. The van der Waals surface area contributed by atoms with Crippen molar-refractivity contribution < 1.29 is 0 Å². The summed E-state index contributed by atoms with van der Waals surface area (Å²) in [6.07, 6.45) is 3.15. The summed E-state index contributed by atoms with van der Waals surface area (Å²) in [5, 5.41) is 3.30. The van der Waals surface area contributed by atoms with Crippen molar-refractivity contribution in [1.29, 1.82) is 0 Å². The number of thiophene rings is 2. The van der Waals surface area contributed by atoms with E-state index in [9.17, 15) is 9.59 Å². The fourth-order valence-electron chi connectivity index (χ4n) is 3.36. The Labute approximate surface area is 159 Å². The van der Waals surface area contributed by atoms with Gasteiger partial charge in [0.25, 0.3) is 11.1 Å². The second-order valence-electron chi connectivity index (χ2n) is 6.23. The average molecular weight is 403 g/mol. The summed E-state index contributed by atoms with van der Waals surface area (Å²) in [6.45, 7) is 0. The smallest absolute Gasteiger partial charge is 0.268 e. The van der Waals surface area contributed by atoms with Gasteiger partial charge in [-0.1, -0.05) is 11.8 Å². The van der Waals surface area contributed by atoms with Gasteiger partial charge in [-0.25, -0.2) is 9.97 Å². The number of thioether (sulfide) groups is 1. The molecule has 0 spiro atoms. The second kappa shape index (κ2) is 6.04. The molecular formula is C17H14N4O2S3. The number of aromatic amines is 1. The van der Waals surface area contributed by atoms with Crippen LogP contribution in [-0.4, -0.2) is 19.5 Å². The molecule has 0 aliphatic heterocycles. The summed E-state index contributed by atoms with van der Waals surface area (Å²) in [7, 11) is 1.76. The van der Waals surface area contributed by atoms with Crippen molar-refractivity contribution in [1.82, 2.24) is 19.5 Å². The van der Waals surface area contributed by atoms with Crippen LogP contribution < -0.4 is 11.1 Å². The van der Waals surface area contributed by atoms with Crippen LogP contribution in [0.3, 0.4) is 0 Å². The second-order valence-corrected chi connectivity index (χ2v) is 9.17. The van der Waals surface area contributed by atoms with Gasteiger partial charge in [0.15, 0.2) is 5.16 Å². The van der Waals surface area contributed by atoms with Crippen LogP contribution in [0.4, 0.5) is 0 Å². The van der Waals surface area contributed by atoms with E-state index in [1.807, 2.05) is 11.4 Å². The van der Waals surface area contributed by atoms with Gasteiger partial charge >= 0.3 is 0 Å². The molecule has 0 bridgehead atoms. The van der Waals surface area contributed by atoms with Gasteiger partial charge in [-0.3, -0.25) is 14.2 Å². The van der Waals surface area contributed by atoms with E-state index in [-0.39, 0.29) is 11.1 Å². The van der Waals surface area contributed by atoms with Gasteiger partial charge in [-0.15, -0.1) is 22.7 Å². The van der Waals surface area contributed by atoms with E-state index in [0.717, 1.165) is 29.5 Å². The number of hydrogen-bond acceptors (Lipinski definition) is 7. The minimum atomic E-state index is -0.118. The first kappa shape index (κ1) is 16.2. The Morgan fingerprint density at radius 2 is 2.19 bits per heavy atom. The van der Waals surface area contributed by atoms with Crippen molar-refractivity contribution in [2.75, 3.05) is 0 Å². The van der Waals surface area contributed by atoms with Gasteiger partial charge in [0, 0.05) is 11.9 Å². The van der Waals surface area contributed by atoms with Crippen LogP contribution in [0, 0.1) is 0 Å². The molecule has 0 aromatic carbocycles. The first-order valence-electron chi connectivity index (χ1n) is 8.22. The Balaban J connectivity index is 1.52. The number of rotatable bonds is 3. The van der Waals surface area contributed by atoms with E-state index in [0.29, 0.717) is 27.0 Å². The van der Waals surface area contributed by atoms with E-state index in [1.54, 1.807) is 23.0 Å². The highest BCUT2D eigenvalue weighted by Gasteiger charge is 2.22. The monoisotopic (exact) mass is 402 g/mol. The minimum Gasteiger partial charge on any atom is -0.309 e. The molecule has 6 nitrogen and oxygen atoms in total. The topological polar surface area (TPSA) is 80.6 Å². The normalized spacial score (nSPS) is 13.7. The molecule has 0 radical (unpaired) electrons. The third kappa shape index (κ3) is 2.45. The molecule has 0 unspecified atom stereocenters. The molecule has 1 aliphatic rings. The molecule has 0 saturated carbocycles. The fourth-order valence-corrected chi connectivity index (χ4v) is 6.23. The Hall–Kier alpha value is -1.97. The predicted molar refractivity (Wildman–Crippen MR) is 107 cm³/mol. The van der Waals surface area contributed by atoms with Gasteiger partial charge in [0.1, 0.15) is 15.4 Å². The molecule has 0 fully saturated rings. The lowest BCUT2D eigenvalue weighted by atomic mass is 10.2. The maximum atomic E-state index is 12.8. The SMILES string of the molecule is Cn1c(SCc2nc3ccsc3c(=O)[nH]2)nc2sc3c(c2c1=O)CCC3. The van der Waals surface area contributed by atoms with Crippen LogP contribution in [0.1, 0.15) is 22.7 Å². The fraction of sp³-hybridized carbons (Fsp3) is 0.294. The molecule has 26 heavy (non-hydrogen) atoms. The van der Waals surface area contributed by atoms with Crippen LogP contribution in [0.2, 0.25) is 0 Å². The van der Waals surface area contributed by atoms with Crippen molar-refractivity contribution in [2.24, 2.45) is 7.05 Å². The standard InChI is InChI=1S/C17H14N4O2S3/c1-21-16(23)12-8-3-2-4-10(8)26-15(12)20-17(21)25-7-11-18-9-5-6-24-13(9)14(22)19-11/h5-6H,2-4,7H2,1H3,(H,18,19,22). The molecule has 0 saturated heterocycles. The number of aromatic nitrogens is 4. The summed E-state index contributed by atoms with van der Waals surface area (Å²) < 4.78 is 2.25. The van der Waals surface area contributed by atoms with Crippen LogP contribution in [0.25, 0.3) is 20.4 Å². The van der Waals surface area contributed by atoms with Crippen LogP contribution in [-0.2, 0) is 25.6 Å². The zero-order valence-corrected chi connectivity index (χ0v) is 16.3. The van der Waals surface area contributed by atoms with E-state index < -0.39 is 0 Å². The summed E-state index contributed by atoms with van der Waals surface area (Å²) in [6, 6.07) is 1.84. The van der Waals surface area contributed by atoms with E-state index in [1.165, 1.54) is 33.5 Å². The molecular weight excluding hydrogens is 388 g/mol. The predicted octanol–water partition coefficient (Wildman–Crippen LogP) is 3.07. The number of hydrogen-bond donors (Lipinski definition) is 1. The molecule has 9 heteroatoms. The van der Waals surface area contributed by atoms with Crippen LogP contribution in [0.15, 0.2) is 26.2 Å². The van der Waals surface area contributed by atoms with Crippen LogP contribution >= 0.6 is 34.4 Å². The maximum Gasteiger partial charge on any atom is 0.268 e. The van der Waals surface area contributed by atoms with Crippen molar-refractivity contribution >= 4 is 54.9 Å². The first-order valence-corrected chi connectivity index (χ1v) is 10.9. The Morgan fingerprint density at radius 1 is 1.31 bits per heavy atom. The van der Waals surface area contributed by atoms with Gasteiger partial charge in [0.05, 0.1) is 16.7 Å². The van der Waals surface area contributed by atoms with E-state index in [4.69, 9.17) is 4.98 Å². The lowest BCUT2D eigenvalue weighted by Gasteiger charge is -2.07.